The number of aromatic nitrogens is 1. The van der Waals surface area contributed by atoms with Gasteiger partial charge in [0.2, 0.25) is 0 Å². The largest absolute Gasteiger partial charge is 0.506 e. The average molecular weight is 176 g/mol. The van der Waals surface area contributed by atoms with Crippen molar-refractivity contribution in [3.05, 3.63) is 29.7 Å². The Labute approximate surface area is 73.0 Å². The first kappa shape index (κ1) is 7.62. The van der Waals surface area contributed by atoms with E-state index >= 15 is 0 Å². The molecule has 3 nitrogen and oxygen atoms in total. The maximum absolute atomic E-state index is 12.8. The lowest BCUT2D eigenvalue weighted by Gasteiger charge is -1.95. The van der Waals surface area contributed by atoms with E-state index in [4.69, 9.17) is 5.26 Å². The van der Waals surface area contributed by atoms with E-state index in [1.807, 2.05) is 6.07 Å². The molecule has 1 aromatic carbocycles. The Hall–Kier alpha value is -2.02. The molecule has 0 aliphatic rings. The first-order chi connectivity index (χ1) is 6.22. The second kappa shape index (κ2) is 2.49. The topological polar surface area (TPSA) is 59.8 Å². The minimum Gasteiger partial charge on any atom is -0.506 e. The van der Waals surface area contributed by atoms with Crippen molar-refractivity contribution in [1.82, 2.24) is 4.98 Å². The van der Waals surface area contributed by atoms with Gasteiger partial charge in [-0.2, -0.15) is 5.26 Å². The molecule has 0 aliphatic carbocycles. The van der Waals surface area contributed by atoms with Crippen molar-refractivity contribution >= 4 is 10.9 Å². The Balaban J connectivity index is 2.92. The molecule has 2 rings (SSSR count). The summed E-state index contributed by atoms with van der Waals surface area (Å²) in [6, 6.07) is 4.11. The maximum Gasteiger partial charge on any atom is 0.142 e. The number of nitrogens with zero attached hydrogens (tertiary/aromatic N) is 1. The summed E-state index contributed by atoms with van der Waals surface area (Å²) in [4.78, 5) is 2.70. The Morgan fingerprint density at radius 3 is 2.92 bits per heavy atom. The molecule has 0 spiro atoms. The highest BCUT2D eigenvalue weighted by Gasteiger charge is 2.08. The van der Waals surface area contributed by atoms with E-state index in [9.17, 15) is 9.50 Å². The van der Waals surface area contributed by atoms with Crippen LogP contribution in [0, 0.1) is 17.1 Å². The lowest BCUT2D eigenvalue weighted by atomic mass is 10.2. The van der Waals surface area contributed by atoms with Gasteiger partial charge in [-0.3, -0.25) is 0 Å². The number of aromatic hydroxyl groups is 1. The highest BCUT2D eigenvalue weighted by atomic mass is 19.1. The fourth-order valence-corrected chi connectivity index (χ4v) is 1.27. The molecule has 1 aromatic heterocycles. The van der Waals surface area contributed by atoms with Crippen molar-refractivity contribution in [1.29, 1.82) is 5.26 Å². The van der Waals surface area contributed by atoms with Gasteiger partial charge in [0.05, 0.1) is 11.1 Å². The highest BCUT2D eigenvalue weighted by Crippen LogP contribution is 2.27. The van der Waals surface area contributed by atoms with Crippen LogP contribution in [0.2, 0.25) is 0 Å². The fourth-order valence-electron chi connectivity index (χ4n) is 1.27. The van der Waals surface area contributed by atoms with Crippen LogP contribution < -0.4 is 0 Å². The number of benzene rings is 1. The molecule has 0 saturated carbocycles. The van der Waals surface area contributed by atoms with E-state index < -0.39 is 5.82 Å². The molecular weight excluding hydrogens is 171 g/mol. The molecule has 0 bridgehead atoms. The third-order valence-electron chi connectivity index (χ3n) is 1.85. The van der Waals surface area contributed by atoms with Crippen molar-refractivity contribution < 1.29 is 9.50 Å². The number of phenols is 1. The Morgan fingerprint density at radius 1 is 1.46 bits per heavy atom. The van der Waals surface area contributed by atoms with Crippen LogP contribution in [0.15, 0.2) is 18.3 Å². The quantitative estimate of drug-likeness (QED) is 0.643. The summed E-state index contributed by atoms with van der Waals surface area (Å²) in [5.41, 5.74) is 0.711. The summed E-state index contributed by atoms with van der Waals surface area (Å²) in [6.07, 6.45) is 1.43. The Morgan fingerprint density at radius 2 is 2.23 bits per heavy atom. The molecule has 0 saturated heterocycles. The van der Waals surface area contributed by atoms with Gasteiger partial charge in [0.1, 0.15) is 17.6 Å². The van der Waals surface area contributed by atoms with Crippen LogP contribution >= 0.6 is 0 Å². The van der Waals surface area contributed by atoms with Gasteiger partial charge in [-0.1, -0.05) is 0 Å². The number of nitrogens with one attached hydrogen (secondary N) is 1. The third-order valence-corrected chi connectivity index (χ3v) is 1.85. The van der Waals surface area contributed by atoms with Gasteiger partial charge >= 0.3 is 0 Å². The van der Waals surface area contributed by atoms with E-state index in [0.717, 1.165) is 6.07 Å². The predicted molar refractivity (Wildman–Crippen MR) is 44.6 cm³/mol. The van der Waals surface area contributed by atoms with Crippen LogP contribution in [-0.4, -0.2) is 10.1 Å². The molecule has 64 valence electrons. The summed E-state index contributed by atoms with van der Waals surface area (Å²) in [5.74, 6) is -0.738. The number of H-pyrrole nitrogens is 1. The second-order valence-corrected chi connectivity index (χ2v) is 2.66. The van der Waals surface area contributed by atoms with Crippen molar-refractivity contribution in [3.8, 4) is 11.8 Å². The van der Waals surface area contributed by atoms with Crippen LogP contribution in [0.5, 0.6) is 5.75 Å². The van der Waals surface area contributed by atoms with Gasteiger partial charge < -0.3 is 10.1 Å². The SMILES string of the molecule is N#Cc1c[nH]c2c(O)cc(F)cc12. The Kier molecular flexibility index (Phi) is 1.46. The molecule has 0 unspecified atom stereocenters. The minimum absolute atomic E-state index is 0.184. The lowest BCUT2D eigenvalue weighted by molar-refractivity contribution is 0.474. The zero-order valence-electron chi connectivity index (χ0n) is 6.50. The Bertz CT molecular complexity index is 510. The molecule has 2 N–H and O–H groups in total. The number of aromatic amines is 1. The van der Waals surface area contributed by atoms with Gasteiger partial charge in [-0.05, 0) is 6.07 Å². The van der Waals surface area contributed by atoms with Crippen molar-refractivity contribution in [3.63, 3.8) is 0 Å². The van der Waals surface area contributed by atoms with Crippen LogP contribution in [0.3, 0.4) is 0 Å². The number of halogens is 1. The van der Waals surface area contributed by atoms with Gasteiger partial charge in [-0.15, -0.1) is 0 Å². The first-order valence-electron chi connectivity index (χ1n) is 3.62. The molecule has 0 radical (unpaired) electrons. The van der Waals surface area contributed by atoms with E-state index in [1.54, 1.807) is 0 Å². The van der Waals surface area contributed by atoms with Crippen LogP contribution in [0.4, 0.5) is 4.39 Å². The lowest BCUT2D eigenvalue weighted by Crippen LogP contribution is -1.76. The van der Waals surface area contributed by atoms with Gasteiger partial charge in [0.25, 0.3) is 0 Å². The molecule has 0 aliphatic heterocycles. The van der Waals surface area contributed by atoms with Crippen LogP contribution in [0.25, 0.3) is 10.9 Å². The summed E-state index contributed by atoms with van der Waals surface area (Å²) in [6.45, 7) is 0. The molecule has 0 atom stereocenters. The number of fused-ring (bicyclic) bond motifs is 1. The minimum atomic E-state index is -0.555. The standard InChI is InChI=1S/C9H5FN2O/c10-6-1-7-5(3-11)4-12-9(7)8(13)2-6/h1-2,4,12-13H. The van der Waals surface area contributed by atoms with E-state index in [-0.39, 0.29) is 5.75 Å². The molecule has 2 aromatic rings. The van der Waals surface area contributed by atoms with E-state index in [2.05, 4.69) is 4.98 Å². The van der Waals surface area contributed by atoms with Gasteiger partial charge in [0, 0.05) is 17.6 Å². The number of rotatable bonds is 0. The van der Waals surface area contributed by atoms with Crippen molar-refractivity contribution in [2.45, 2.75) is 0 Å². The third kappa shape index (κ3) is 1.02. The number of hydrogen-bond donors (Lipinski definition) is 2. The van der Waals surface area contributed by atoms with Gasteiger partial charge in [-0.25, -0.2) is 4.39 Å². The summed E-state index contributed by atoms with van der Waals surface area (Å²) in [7, 11) is 0. The average Bonchev–Trinajstić information content (AvgIpc) is 2.47. The number of nitriles is 1. The summed E-state index contributed by atoms with van der Waals surface area (Å²) >= 11 is 0. The number of phenolic OH excluding ortho intramolecular Hbond substituents is 1. The zero-order chi connectivity index (χ0) is 9.42. The molecule has 0 amide bonds. The summed E-state index contributed by atoms with van der Waals surface area (Å²) in [5, 5.41) is 18.3. The van der Waals surface area contributed by atoms with Crippen LogP contribution in [-0.2, 0) is 0 Å². The molecule has 1 heterocycles. The van der Waals surface area contributed by atoms with Crippen molar-refractivity contribution in [2.75, 3.05) is 0 Å². The van der Waals surface area contributed by atoms with Crippen LogP contribution in [0.1, 0.15) is 5.56 Å². The molecule has 4 heteroatoms. The smallest absolute Gasteiger partial charge is 0.142 e. The first-order valence-corrected chi connectivity index (χ1v) is 3.62. The predicted octanol–water partition coefficient (Wildman–Crippen LogP) is 1.88. The monoisotopic (exact) mass is 176 g/mol. The second-order valence-electron chi connectivity index (χ2n) is 2.66. The van der Waals surface area contributed by atoms with Crippen molar-refractivity contribution in [2.24, 2.45) is 0 Å². The van der Waals surface area contributed by atoms with E-state index in [0.29, 0.717) is 16.5 Å². The zero-order valence-corrected chi connectivity index (χ0v) is 6.50. The molecular formula is C9H5FN2O. The number of hydrogen-bond acceptors (Lipinski definition) is 2. The normalized spacial score (nSPS) is 10.2. The highest BCUT2D eigenvalue weighted by molar-refractivity contribution is 5.90. The summed E-state index contributed by atoms with van der Waals surface area (Å²) < 4.78 is 12.8. The van der Waals surface area contributed by atoms with E-state index in [1.165, 1.54) is 12.3 Å². The molecule has 0 fully saturated rings. The molecule has 13 heavy (non-hydrogen) atoms. The maximum atomic E-state index is 12.8. The fraction of sp³-hybridized carbons (Fsp3) is 0. The van der Waals surface area contributed by atoms with Gasteiger partial charge in [0.15, 0.2) is 0 Å².